The maximum atomic E-state index is 10.8. The van der Waals surface area contributed by atoms with E-state index in [2.05, 4.69) is 8.92 Å². The van der Waals surface area contributed by atoms with Crippen LogP contribution in [-0.4, -0.2) is 41.3 Å². The normalized spacial score (nSPS) is 11.8. The summed E-state index contributed by atoms with van der Waals surface area (Å²) < 4.78 is 35.8. The molecule has 0 aliphatic rings. The topological polar surface area (TPSA) is 61.8 Å². The molecule has 0 rings (SSSR count). The lowest BCUT2D eigenvalue weighted by Crippen LogP contribution is -2.11. The van der Waals surface area contributed by atoms with Gasteiger partial charge in [0, 0.05) is 7.11 Å². The van der Waals surface area contributed by atoms with Gasteiger partial charge in [-0.25, -0.2) is 0 Å². The lowest BCUT2D eigenvalue weighted by molar-refractivity contribution is -0.0331. The van der Waals surface area contributed by atoms with Gasteiger partial charge >= 0.3 is 0 Å². The van der Waals surface area contributed by atoms with Crippen LogP contribution in [0.5, 0.6) is 0 Å². The van der Waals surface area contributed by atoms with Gasteiger partial charge in [0.2, 0.25) is 0 Å². The van der Waals surface area contributed by atoms with E-state index in [0.717, 1.165) is 0 Å². The summed E-state index contributed by atoms with van der Waals surface area (Å²) in [6.45, 7) is 2.37. The molecule has 0 fully saturated rings. The first-order valence-electron chi connectivity index (χ1n) is 4.06. The summed E-state index contributed by atoms with van der Waals surface area (Å²) in [5.41, 5.74) is 0. The van der Waals surface area contributed by atoms with E-state index in [4.69, 9.17) is 4.74 Å². The Labute approximate surface area is 79.1 Å². The average molecular weight is 212 g/mol. The lowest BCUT2D eigenvalue weighted by atomic mass is 10.5. The van der Waals surface area contributed by atoms with Gasteiger partial charge in [-0.15, -0.1) is 0 Å². The van der Waals surface area contributed by atoms with Crippen LogP contribution in [0.1, 0.15) is 13.3 Å². The smallest absolute Gasteiger partial charge is 0.267 e. The SMILES string of the molecule is CCS(=O)(=O)OCCCOCOC. The Balaban J connectivity index is 3.26. The number of methoxy groups -OCH3 is 1. The lowest BCUT2D eigenvalue weighted by Gasteiger charge is -2.03. The van der Waals surface area contributed by atoms with E-state index >= 15 is 0 Å². The highest BCUT2D eigenvalue weighted by Gasteiger charge is 2.05. The zero-order chi connectivity index (χ0) is 10.2. The first kappa shape index (κ1) is 12.8. The minimum atomic E-state index is -3.30. The monoisotopic (exact) mass is 212 g/mol. The maximum Gasteiger partial charge on any atom is 0.267 e. The van der Waals surface area contributed by atoms with E-state index in [0.29, 0.717) is 13.0 Å². The molecule has 0 aliphatic heterocycles. The first-order chi connectivity index (χ1) is 6.12. The third-order valence-electron chi connectivity index (χ3n) is 1.25. The van der Waals surface area contributed by atoms with Crippen molar-refractivity contribution in [3.8, 4) is 0 Å². The van der Waals surface area contributed by atoms with Crippen LogP contribution in [0.4, 0.5) is 0 Å². The van der Waals surface area contributed by atoms with Crippen molar-refractivity contribution >= 4 is 10.1 Å². The van der Waals surface area contributed by atoms with E-state index < -0.39 is 10.1 Å². The van der Waals surface area contributed by atoms with E-state index in [-0.39, 0.29) is 19.2 Å². The van der Waals surface area contributed by atoms with E-state index in [1.165, 1.54) is 14.0 Å². The Morgan fingerprint density at radius 2 is 1.92 bits per heavy atom. The van der Waals surface area contributed by atoms with Gasteiger partial charge in [-0.1, -0.05) is 0 Å². The van der Waals surface area contributed by atoms with Gasteiger partial charge in [0.05, 0.1) is 19.0 Å². The molecule has 0 aliphatic carbocycles. The van der Waals surface area contributed by atoms with Gasteiger partial charge < -0.3 is 9.47 Å². The molecule has 0 aromatic heterocycles. The first-order valence-corrected chi connectivity index (χ1v) is 5.64. The summed E-state index contributed by atoms with van der Waals surface area (Å²) >= 11 is 0. The highest BCUT2D eigenvalue weighted by molar-refractivity contribution is 7.86. The molecule has 0 unspecified atom stereocenters. The number of hydrogen-bond acceptors (Lipinski definition) is 5. The highest BCUT2D eigenvalue weighted by Crippen LogP contribution is 1.94. The maximum absolute atomic E-state index is 10.8. The number of rotatable bonds is 8. The van der Waals surface area contributed by atoms with E-state index in [9.17, 15) is 8.42 Å². The zero-order valence-electron chi connectivity index (χ0n) is 7.99. The van der Waals surface area contributed by atoms with Gasteiger partial charge in [-0.3, -0.25) is 4.18 Å². The van der Waals surface area contributed by atoms with Crippen molar-refractivity contribution in [2.45, 2.75) is 13.3 Å². The van der Waals surface area contributed by atoms with Crippen molar-refractivity contribution in [3.63, 3.8) is 0 Å². The Morgan fingerprint density at radius 1 is 1.23 bits per heavy atom. The molecule has 0 aromatic rings. The van der Waals surface area contributed by atoms with Crippen molar-refractivity contribution in [3.05, 3.63) is 0 Å². The van der Waals surface area contributed by atoms with Gasteiger partial charge in [-0.2, -0.15) is 8.42 Å². The van der Waals surface area contributed by atoms with E-state index in [1.807, 2.05) is 0 Å². The summed E-state index contributed by atoms with van der Waals surface area (Å²) in [6.07, 6.45) is 0.544. The van der Waals surface area contributed by atoms with Gasteiger partial charge in [-0.05, 0) is 13.3 Å². The molecule has 0 saturated carbocycles. The predicted octanol–water partition coefficient (Wildman–Crippen LogP) is 0.363. The largest absolute Gasteiger partial charge is 0.359 e. The zero-order valence-corrected chi connectivity index (χ0v) is 8.80. The van der Waals surface area contributed by atoms with Gasteiger partial charge in [0.1, 0.15) is 6.79 Å². The number of hydrogen-bond donors (Lipinski definition) is 0. The predicted molar refractivity (Wildman–Crippen MR) is 47.9 cm³/mol. The summed E-state index contributed by atoms with van der Waals surface area (Å²) in [6, 6.07) is 0. The molecule has 0 radical (unpaired) electrons. The van der Waals surface area contributed by atoms with Crippen molar-refractivity contribution in [1.82, 2.24) is 0 Å². The fourth-order valence-corrected chi connectivity index (χ4v) is 1.11. The van der Waals surface area contributed by atoms with Crippen LogP contribution in [0.15, 0.2) is 0 Å². The molecular weight excluding hydrogens is 196 g/mol. The molecular formula is C7H16O5S. The summed E-state index contributed by atoms with van der Waals surface area (Å²) in [5.74, 6) is 0.00588. The third kappa shape index (κ3) is 8.17. The van der Waals surface area contributed by atoms with E-state index in [1.54, 1.807) is 0 Å². The summed E-state index contributed by atoms with van der Waals surface area (Å²) in [4.78, 5) is 0. The molecule has 0 spiro atoms. The minimum absolute atomic E-state index is 0.00588. The Morgan fingerprint density at radius 3 is 2.46 bits per heavy atom. The van der Waals surface area contributed by atoms with Gasteiger partial charge in [0.25, 0.3) is 10.1 Å². The molecule has 0 atom stereocenters. The quantitative estimate of drug-likeness (QED) is 0.330. The van der Waals surface area contributed by atoms with Crippen LogP contribution in [0.25, 0.3) is 0 Å². The molecule has 0 aromatic carbocycles. The molecule has 13 heavy (non-hydrogen) atoms. The van der Waals surface area contributed by atoms with Crippen LogP contribution in [0, 0.1) is 0 Å². The Hall–Kier alpha value is -0.170. The standard InChI is InChI=1S/C7H16O5S/c1-3-13(8,9)12-6-4-5-11-7-10-2/h3-7H2,1-2H3. The van der Waals surface area contributed by atoms with Crippen LogP contribution in [-0.2, 0) is 23.8 Å². The van der Waals surface area contributed by atoms with Crippen LogP contribution >= 0.6 is 0 Å². The highest BCUT2D eigenvalue weighted by atomic mass is 32.2. The molecule has 0 bridgehead atoms. The second-order valence-electron chi connectivity index (χ2n) is 2.34. The van der Waals surface area contributed by atoms with Crippen molar-refractivity contribution in [1.29, 1.82) is 0 Å². The Kier molecular flexibility index (Phi) is 7.16. The molecule has 80 valence electrons. The third-order valence-corrected chi connectivity index (χ3v) is 2.48. The number of ether oxygens (including phenoxy) is 2. The molecule has 0 heterocycles. The van der Waals surface area contributed by atoms with Crippen molar-refractivity contribution < 1.29 is 22.1 Å². The fraction of sp³-hybridized carbons (Fsp3) is 1.00. The fourth-order valence-electron chi connectivity index (χ4n) is 0.572. The van der Waals surface area contributed by atoms with Crippen LogP contribution in [0.2, 0.25) is 0 Å². The second kappa shape index (κ2) is 7.25. The summed E-state index contributed by atoms with van der Waals surface area (Å²) in [5, 5.41) is 0. The summed E-state index contributed by atoms with van der Waals surface area (Å²) in [7, 11) is -1.77. The van der Waals surface area contributed by atoms with Crippen LogP contribution in [0.3, 0.4) is 0 Å². The molecule has 0 N–H and O–H groups in total. The van der Waals surface area contributed by atoms with Crippen molar-refractivity contribution in [2.75, 3.05) is 32.9 Å². The molecule has 6 heteroatoms. The molecule has 0 saturated heterocycles. The second-order valence-corrected chi connectivity index (χ2v) is 4.27. The molecule has 0 amide bonds. The Bertz CT molecular complexity index is 199. The van der Waals surface area contributed by atoms with Crippen LogP contribution < -0.4 is 0 Å². The van der Waals surface area contributed by atoms with Gasteiger partial charge in [0.15, 0.2) is 0 Å². The molecule has 5 nitrogen and oxygen atoms in total. The average Bonchev–Trinajstić information content (AvgIpc) is 2.11. The minimum Gasteiger partial charge on any atom is -0.359 e. The van der Waals surface area contributed by atoms with Crippen molar-refractivity contribution in [2.24, 2.45) is 0 Å².